The molecule has 0 aliphatic rings. The fraction of sp³-hybridized carbons (Fsp3) is 0.280. The highest BCUT2D eigenvalue weighted by molar-refractivity contribution is 6.31. The van der Waals surface area contributed by atoms with Gasteiger partial charge in [-0.1, -0.05) is 67.4 Å². The van der Waals surface area contributed by atoms with Crippen LogP contribution in [0.1, 0.15) is 52.3 Å². The number of benzene rings is 2. The van der Waals surface area contributed by atoms with Crippen molar-refractivity contribution in [2.45, 2.75) is 47.1 Å². The molecule has 0 aliphatic carbocycles. The van der Waals surface area contributed by atoms with E-state index >= 15 is 0 Å². The van der Waals surface area contributed by atoms with Gasteiger partial charge in [0.1, 0.15) is 10.6 Å². The SMILES string of the molecule is CCc1cccc(CC)c1NC(=O)c1c(C)n(Cc2ccc(Cl)cc2)c(C)c(Cl)c1=O. The van der Waals surface area contributed by atoms with Crippen molar-refractivity contribution in [2.24, 2.45) is 0 Å². The maximum Gasteiger partial charge on any atom is 0.261 e. The number of carbonyl (C=O) groups excluding carboxylic acids is 1. The van der Waals surface area contributed by atoms with E-state index in [-0.39, 0.29) is 10.6 Å². The molecule has 0 atom stereocenters. The van der Waals surface area contributed by atoms with Gasteiger partial charge in [0.2, 0.25) is 5.43 Å². The number of para-hydroxylation sites is 1. The van der Waals surface area contributed by atoms with Crippen molar-refractivity contribution < 1.29 is 4.79 Å². The molecule has 1 amide bonds. The number of pyridine rings is 1. The molecule has 4 nitrogen and oxygen atoms in total. The highest BCUT2D eigenvalue weighted by atomic mass is 35.5. The number of aromatic nitrogens is 1. The first-order valence-electron chi connectivity index (χ1n) is 10.3. The zero-order valence-corrected chi connectivity index (χ0v) is 19.7. The molecule has 2 aromatic carbocycles. The van der Waals surface area contributed by atoms with E-state index in [2.05, 4.69) is 5.32 Å². The summed E-state index contributed by atoms with van der Waals surface area (Å²) in [7, 11) is 0. The van der Waals surface area contributed by atoms with Crippen LogP contribution in [0.25, 0.3) is 0 Å². The van der Waals surface area contributed by atoms with Crippen LogP contribution in [0.4, 0.5) is 5.69 Å². The van der Waals surface area contributed by atoms with Crippen LogP contribution >= 0.6 is 23.2 Å². The Morgan fingerprint density at radius 2 is 1.52 bits per heavy atom. The van der Waals surface area contributed by atoms with Gasteiger partial charge in [-0.05, 0) is 55.5 Å². The van der Waals surface area contributed by atoms with Crippen molar-refractivity contribution in [2.75, 3.05) is 5.32 Å². The van der Waals surface area contributed by atoms with Crippen LogP contribution in [0.5, 0.6) is 0 Å². The molecule has 31 heavy (non-hydrogen) atoms. The molecule has 0 spiro atoms. The number of aryl methyl sites for hydroxylation is 2. The quantitative estimate of drug-likeness (QED) is 0.479. The lowest BCUT2D eigenvalue weighted by atomic mass is 10.0. The van der Waals surface area contributed by atoms with Gasteiger partial charge >= 0.3 is 0 Å². The predicted octanol–water partition coefficient (Wildman–Crippen LogP) is 6.20. The molecule has 0 fully saturated rings. The van der Waals surface area contributed by atoms with Crippen LogP contribution in [0.2, 0.25) is 10.0 Å². The monoisotopic (exact) mass is 456 g/mol. The van der Waals surface area contributed by atoms with Gasteiger partial charge in [0, 0.05) is 28.6 Å². The van der Waals surface area contributed by atoms with E-state index in [1.165, 1.54) is 0 Å². The number of nitrogens with zero attached hydrogens (tertiary/aromatic N) is 1. The Hall–Kier alpha value is -2.56. The third kappa shape index (κ3) is 4.70. The van der Waals surface area contributed by atoms with Crippen LogP contribution in [0.3, 0.4) is 0 Å². The number of hydrogen-bond donors (Lipinski definition) is 1. The van der Waals surface area contributed by atoms with E-state index in [1.54, 1.807) is 13.8 Å². The Bertz CT molecular complexity index is 1160. The third-order valence-corrected chi connectivity index (χ3v) is 6.33. The van der Waals surface area contributed by atoms with E-state index in [0.29, 0.717) is 23.0 Å². The molecule has 0 unspecified atom stereocenters. The number of anilines is 1. The highest BCUT2D eigenvalue weighted by Crippen LogP contribution is 2.25. The van der Waals surface area contributed by atoms with Gasteiger partial charge in [-0.2, -0.15) is 0 Å². The number of rotatable bonds is 6. The lowest BCUT2D eigenvalue weighted by Gasteiger charge is -2.20. The van der Waals surface area contributed by atoms with Gasteiger partial charge in [-0.25, -0.2) is 0 Å². The van der Waals surface area contributed by atoms with Crippen molar-refractivity contribution in [3.05, 3.63) is 96.4 Å². The van der Waals surface area contributed by atoms with Crippen LogP contribution in [0.15, 0.2) is 47.3 Å². The zero-order valence-electron chi connectivity index (χ0n) is 18.2. The van der Waals surface area contributed by atoms with E-state index < -0.39 is 11.3 Å². The van der Waals surface area contributed by atoms with Crippen LogP contribution in [0, 0.1) is 13.8 Å². The third-order valence-electron chi connectivity index (χ3n) is 5.63. The Balaban J connectivity index is 2.07. The molecular formula is C25H26Cl2N2O2. The first-order valence-corrected chi connectivity index (χ1v) is 11.1. The van der Waals surface area contributed by atoms with Crippen LogP contribution in [-0.2, 0) is 19.4 Å². The number of amides is 1. The number of hydrogen-bond acceptors (Lipinski definition) is 2. The first-order chi connectivity index (χ1) is 14.8. The second kappa shape index (κ2) is 9.71. The topological polar surface area (TPSA) is 51.1 Å². The summed E-state index contributed by atoms with van der Waals surface area (Å²) in [5.41, 5.74) is 4.65. The summed E-state index contributed by atoms with van der Waals surface area (Å²) >= 11 is 12.4. The van der Waals surface area contributed by atoms with Crippen molar-refractivity contribution >= 4 is 34.8 Å². The Morgan fingerprint density at radius 3 is 2.06 bits per heavy atom. The Kier molecular flexibility index (Phi) is 7.24. The molecule has 3 aromatic rings. The highest BCUT2D eigenvalue weighted by Gasteiger charge is 2.23. The van der Waals surface area contributed by atoms with E-state index in [1.807, 2.05) is 60.9 Å². The number of carbonyl (C=O) groups is 1. The van der Waals surface area contributed by atoms with Crippen molar-refractivity contribution in [1.82, 2.24) is 4.57 Å². The van der Waals surface area contributed by atoms with E-state index in [0.717, 1.165) is 35.2 Å². The smallest absolute Gasteiger partial charge is 0.261 e. The fourth-order valence-electron chi connectivity index (χ4n) is 3.80. The molecule has 0 radical (unpaired) electrons. The van der Waals surface area contributed by atoms with Gasteiger partial charge in [0.25, 0.3) is 5.91 Å². The molecule has 0 saturated carbocycles. The predicted molar refractivity (Wildman–Crippen MR) is 129 cm³/mol. The molecule has 0 aliphatic heterocycles. The summed E-state index contributed by atoms with van der Waals surface area (Å²) < 4.78 is 1.90. The largest absolute Gasteiger partial charge is 0.342 e. The van der Waals surface area contributed by atoms with Crippen molar-refractivity contribution in [1.29, 1.82) is 0 Å². The molecule has 1 aromatic heterocycles. The van der Waals surface area contributed by atoms with Gasteiger partial charge in [-0.15, -0.1) is 0 Å². The summed E-state index contributed by atoms with van der Waals surface area (Å²) in [5, 5.41) is 3.70. The molecular weight excluding hydrogens is 431 g/mol. The molecule has 1 heterocycles. The van der Waals surface area contributed by atoms with Crippen molar-refractivity contribution in [3.8, 4) is 0 Å². The van der Waals surface area contributed by atoms with E-state index in [4.69, 9.17) is 23.2 Å². The standard InChI is InChI=1S/C25H26Cl2N2O2/c1-5-18-8-7-9-19(6-2)23(18)28-25(31)21-15(3)29(16(4)22(27)24(21)30)14-17-10-12-20(26)13-11-17/h7-13H,5-6,14H2,1-4H3,(H,28,31). The number of nitrogens with one attached hydrogen (secondary N) is 1. The maximum atomic E-state index is 13.3. The van der Waals surface area contributed by atoms with E-state index in [9.17, 15) is 9.59 Å². The Morgan fingerprint density at radius 1 is 0.935 bits per heavy atom. The normalized spacial score (nSPS) is 10.9. The van der Waals surface area contributed by atoms with Gasteiger partial charge in [0.15, 0.2) is 0 Å². The molecule has 3 rings (SSSR count). The zero-order chi connectivity index (χ0) is 22.7. The first kappa shape index (κ1) is 23.1. The minimum Gasteiger partial charge on any atom is -0.342 e. The molecule has 6 heteroatoms. The number of halogens is 2. The molecule has 0 bridgehead atoms. The van der Waals surface area contributed by atoms with Gasteiger partial charge in [0.05, 0.1) is 0 Å². The lowest BCUT2D eigenvalue weighted by molar-refractivity contribution is 0.102. The second-order valence-electron chi connectivity index (χ2n) is 7.51. The van der Waals surface area contributed by atoms with Gasteiger partial charge in [-0.3, -0.25) is 9.59 Å². The second-order valence-corrected chi connectivity index (χ2v) is 8.33. The maximum absolute atomic E-state index is 13.3. The molecule has 0 saturated heterocycles. The van der Waals surface area contributed by atoms with Gasteiger partial charge < -0.3 is 9.88 Å². The summed E-state index contributed by atoms with van der Waals surface area (Å²) in [4.78, 5) is 26.3. The average molecular weight is 457 g/mol. The summed E-state index contributed by atoms with van der Waals surface area (Å²) in [6.07, 6.45) is 1.55. The minimum absolute atomic E-state index is 0.0594. The van der Waals surface area contributed by atoms with Crippen LogP contribution in [-0.4, -0.2) is 10.5 Å². The molecule has 1 N–H and O–H groups in total. The van der Waals surface area contributed by atoms with Crippen molar-refractivity contribution in [3.63, 3.8) is 0 Å². The minimum atomic E-state index is -0.450. The van der Waals surface area contributed by atoms with Crippen LogP contribution < -0.4 is 10.7 Å². The summed E-state index contributed by atoms with van der Waals surface area (Å²) in [5.74, 6) is -0.440. The molecule has 162 valence electrons. The lowest BCUT2D eigenvalue weighted by Crippen LogP contribution is -2.29. The summed E-state index contributed by atoms with van der Waals surface area (Å²) in [6.45, 7) is 8.12. The average Bonchev–Trinajstić information content (AvgIpc) is 2.76. The Labute approximate surface area is 192 Å². The fourth-order valence-corrected chi connectivity index (χ4v) is 4.12. The summed E-state index contributed by atoms with van der Waals surface area (Å²) in [6, 6.07) is 13.4.